The molecule has 0 aliphatic carbocycles. The monoisotopic (exact) mass is 725 g/mol. The van der Waals surface area contributed by atoms with Gasteiger partial charge < -0.3 is 26.0 Å². The molecule has 2 amide bonds. The molecular formula is C38H37Cl2N7O4. The van der Waals surface area contributed by atoms with Gasteiger partial charge in [0.15, 0.2) is 0 Å². The normalized spacial score (nSPS) is 17.2. The summed E-state index contributed by atoms with van der Waals surface area (Å²) in [4.78, 5) is 45.6. The van der Waals surface area contributed by atoms with Crippen molar-refractivity contribution >= 4 is 40.7 Å². The molecule has 5 heterocycles. The minimum atomic E-state index is -0.206. The minimum Gasteiger partial charge on any atom is -0.481 e. The Bertz CT molecular complexity index is 2190. The molecule has 13 heteroatoms. The van der Waals surface area contributed by atoms with E-state index in [9.17, 15) is 14.4 Å². The predicted molar refractivity (Wildman–Crippen MR) is 198 cm³/mol. The van der Waals surface area contributed by atoms with Crippen molar-refractivity contribution in [2.45, 2.75) is 50.9 Å². The van der Waals surface area contributed by atoms with Gasteiger partial charge in [-0.3, -0.25) is 18.8 Å². The second-order valence-corrected chi connectivity index (χ2v) is 13.6. The van der Waals surface area contributed by atoms with Crippen LogP contribution in [0.3, 0.4) is 0 Å². The molecule has 0 spiro atoms. The Balaban J connectivity index is 1.10. The standard InChI is InChI=1S/C38H37Cl2N7O4/c1-51-38-22(17-41-18-24-10-14-33(48)44-24)8-12-31(46-38)30-7-3-6-29(37(30)40)28-5-2-4-27(36(28)39)23-9-13-32-43-26(16-35(50)47(32)21-23)20-42-19-25-11-15-34(49)45-25/h2-9,12-13,16,21,24-25,41-42H,10-11,14-15,17-20H2,1H3,(H,44,48)(H,45,49)/t24-,25-/m1/s1. The Morgan fingerprint density at radius 1 is 0.784 bits per heavy atom. The summed E-state index contributed by atoms with van der Waals surface area (Å²) in [6.45, 7) is 2.24. The van der Waals surface area contributed by atoms with Crippen molar-refractivity contribution in [2.24, 2.45) is 0 Å². The molecule has 0 saturated carbocycles. The number of halogens is 2. The third kappa shape index (κ3) is 7.62. The zero-order chi connectivity index (χ0) is 35.5. The maximum atomic E-state index is 13.2. The molecular weight excluding hydrogens is 689 g/mol. The molecule has 0 bridgehead atoms. The molecule has 51 heavy (non-hydrogen) atoms. The van der Waals surface area contributed by atoms with Crippen LogP contribution in [-0.2, 0) is 22.7 Å². The SMILES string of the molecule is COc1nc(-c2cccc(-c3cccc(-c4ccc5nc(CNC[C@H]6CCC(=O)N6)cc(=O)n5c4)c3Cl)c2Cl)ccc1CNC[C@H]1CCC(=O)N1. The highest BCUT2D eigenvalue weighted by Gasteiger charge is 2.22. The zero-order valence-corrected chi connectivity index (χ0v) is 29.5. The Kier molecular flexibility index (Phi) is 10.3. The van der Waals surface area contributed by atoms with Crippen molar-refractivity contribution in [2.75, 3.05) is 20.2 Å². The molecule has 0 unspecified atom stereocenters. The first kappa shape index (κ1) is 34.6. The van der Waals surface area contributed by atoms with Gasteiger partial charge in [0, 0.05) is 96.7 Å². The van der Waals surface area contributed by atoms with Crippen LogP contribution >= 0.6 is 23.2 Å². The summed E-state index contributed by atoms with van der Waals surface area (Å²) >= 11 is 14.2. The molecule has 3 aromatic heterocycles. The maximum Gasteiger partial charge on any atom is 0.258 e. The Morgan fingerprint density at radius 3 is 2.06 bits per heavy atom. The van der Waals surface area contributed by atoms with Crippen molar-refractivity contribution < 1.29 is 14.3 Å². The highest BCUT2D eigenvalue weighted by atomic mass is 35.5. The van der Waals surface area contributed by atoms with E-state index in [1.807, 2.05) is 54.6 Å². The van der Waals surface area contributed by atoms with Crippen LogP contribution in [-0.4, -0.2) is 58.5 Å². The smallest absolute Gasteiger partial charge is 0.258 e. The number of carbonyl (C=O) groups is 2. The Morgan fingerprint density at radius 2 is 1.41 bits per heavy atom. The summed E-state index contributed by atoms with van der Waals surface area (Å²) in [6, 6.07) is 20.8. The summed E-state index contributed by atoms with van der Waals surface area (Å²) in [7, 11) is 1.59. The zero-order valence-electron chi connectivity index (χ0n) is 28.0. The lowest BCUT2D eigenvalue weighted by Gasteiger charge is -2.16. The first-order chi connectivity index (χ1) is 24.8. The Hall–Kier alpha value is -4.81. The number of hydrogen-bond donors (Lipinski definition) is 4. The summed E-state index contributed by atoms with van der Waals surface area (Å²) in [5, 5.41) is 13.6. The number of nitrogens with one attached hydrogen (secondary N) is 4. The number of ether oxygens (including phenoxy) is 1. The van der Waals surface area contributed by atoms with E-state index in [4.69, 9.17) is 32.9 Å². The number of benzene rings is 2. The molecule has 7 rings (SSSR count). The van der Waals surface area contributed by atoms with Gasteiger partial charge in [-0.15, -0.1) is 0 Å². The molecule has 11 nitrogen and oxygen atoms in total. The van der Waals surface area contributed by atoms with E-state index in [1.165, 1.54) is 10.5 Å². The van der Waals surface area contributed by atoms with Crippen LogP contribution < -0.4 is 31.6 Å². The van der Waals surface area contributed by atoms with Crippen LogP contribution in [0.4, 0.5) is 0 Å². The fourth-order valence-electron chi connectivity index (χ4n) is 6.65. The fraction of sp³-hybridized carbons (Fsp3) is 0.289. The van der Waals surface area contributed by atoms with Crippen LogP contribution in [0.25, 0.3) is 39.2 Å². The van der Waals surface area contributed by atoms with E-state index in [0.29, 0.717) is 72.0 Å². The summed E-state index contributed by atoms with van der Waals surface area (Å²) < 4.78 is 7.15. The fourth-order valence-corrected chi connectivity index (χ4v) is 7.31. The third-order valence-electron chi connectivity index (χ3n) is 9.29. The molecule has 2 aromatic carbocycles. The molecule has 5 aromatic rings. The average Bonchev–Trinajstić information content (AvgIpc) is 3.75. The second kappa shape index (κ2) is 15.2. The first-order valence-electron chi connectivity index (χ1n) is 16.9. The number of nitrogens with zero attached hydrogens (tertiary/aromatic N) is 3. The molecule has 2 saturated heterocycles. The van der Waals surface area contributed by atoms with E-state index in [-0.39, 0.29) is 29.5 Å². The van der Waals surface area contributed by atoms with Crippen LogP contribution in [0.5, 0.6) is 5.88 Å². The number of carbonyl (C=O) groups excluding carboxylic acids is 2. The largest absolute Gasteiger partial charge is 0.481 e. The van der Waals surface area contributed by atoms with Crippen molar-refractivity contribution in [1.82, 2.24) is 35.6 Å². The second-order valence-electron chi connectivity index (χ2n) is 12.8. The average molecular weight is 727 g/mol. The van der Waals surface area contributed by atoms with Gasteiger partial charge in [0.2, 0.25) is 17.7 Å². The summed E-state index contributed by atoms with van der Waals surface area (Å²) in [5.74, 6) is 0.647. The number of amides is 2. The minimum absolute atomic E-state index is 0.0696. The topological polar surface area (TPSA) is 139 Å². The number of methoxy groups -OCH3 is 1. The van der Waals surface area contributed by atoms with Gasteiger partial charge in [-0.1, -0.05) is 65.7 Å². The first-order valence-corrected chi connectivity index (χ1v) is 17.7. The molecule has 0 radical (unpaired) electrons. The molecule has 2 aliphatic heterocycles. The van der Waals surface area contributed by atoms with Crippen LogP contribution in [0.1, 0.15) is 36.9 Å². The van der Waals surface area contributed by atoms with Crippen LogP contribution in [0.15, 0.2) is 77.7 Å². The number of aromatic nitrogens is 3. The quantitative estimate of drug-likeness (QED) is 0.139. The Labute approximate surface area is 304 Å². The molecule has 2 fully saturated rings. The van der Waals surface area contributed by atoms with Gasteiger partial charge in [-0.2, -0.15) is 0 Å². The van der Waals surface area contributed by atoms with E-state index in [1.54, 1.807) is 19.4 Å². The van der Waals surface area contributed by atoms with Gasteiger partial charge in [-0.25, -0.2) is 9.97 Å². The number of pyridine rings is 2. The van der Waals surface area contributed by atoms with E-state index >= 15 is 0 Å². The van der Waals surface area contributed by atoms with E-state index in [0.717, 1.165) is 46.2 Å². The number of hydrogen-bond acceptors (Lipinski definition) is 8. The molecule has 262 valence electrons. The summed E-state index contributed by atoms with van der Waals surface area (Å²) in [6.07, 6.45) is 4.48. The van der Waals surface area contributed by atoms with Gasteiger partial charge in [0.25, 0.3) is 5.56 Å². The van der Waals surface area contributed by atoms with Gasteiger partial charge in [0.1, 0.15) is 5.65 Å². The van der Waals surface area contributed by atoms with Crippen molar-refractivity contribution in [3.63, 3.8) is 0 Å². The number of rotatable bonds is 12. The van der Waals surface area contributed by atoms with Gasteiger partial charge >= 0.3 is 0 Å². The van der Waals surface area contributed by atoms with Gasteiger partial charge in [0.05, 0.1) is 28.5 Å². The van der Waals surface area contributed by atoms with Crippen LogP contribution in [0.2, 0.25) is 10.0 Å². The maximum absolute atomic E-state index is 13.2. The molecule has 2 aliphatic rings. The van der Waals surface area contributed by atoms with E-state index in [2.05, 4.69) is 26.3 Å². The highest BCUT2D eigenvalue weighted by molar-refractivity contribution is 6.39. The van der Waals surface area contributed by atoms with Crippen molar-refractivity contribution in [3.05, 3.63) is 105 Å². The summed E-state index contributed by atoms with van der Waals surface area (Å²) in [5.41, 5.74) is 6.17. The lowest BCUT2D eigenvalue weighted by molar-refractivity contribution is -0.120. The van der Waals surface area contributed by atoms with Gasteiger partial charge in [-0.05, 0) is 31.0 Å². The number of fused-ring (bicyclic) bond motifs is 1. The molecule has 2 atom stereocenters. The highest BCUT2D eigenvalue weighted by Crippen LogP contribution is 2.42. The predicted octanol–water partition coefficient (Wildman–Crippen LogP) is 5.14. The van der Waals surface area contributed by atoms with Crippen molar-refractivity contribution in [1.29, 1.82) is 0 Å². The molecule has 4 N–H and O–H groups in total. The van der Waals surface area contributed by atoms with Crippen molar-refractivity contribution in [3.8, 4) is 39.4 Å². The lowest BCUT2D eigenvalue weighted by atomic mass is 9.97. The van der Waals surface area contributed by atoms with E-state index < -0.39 is 0 Å². The van der Waals surface area contributed by atoms with Crippen LogP contribution in [0, 0.1) is 0 Å². The lowest BCUT2D eigenvalue weighted by Crippen LogP contribution is -2.35. The third-order valence-corrected chi connectivity index (χ3v) is 10.1.